The number of fused-ring (bicyclic) bond motifs is 1. The third-order valence-electron chi connectivity index (χ3n) is 5.44. The number of carbonyl (C=O) groups is 1. The van der Waals surface area contributed by atoms with E-state index in [1.807, 2.05) is 18.6 Å². The van der Waals surface area contributed by atoms with Gasteiger partial charge in [0.05, 0.1) is 28.1 Å². The average Bonchev–Trinajstić information content (AvgIpc) is 3.40. The topological polar surface area (TPSA) is 71.2 Å². The van der Waals surface area contributed by atoms with Gasteiger partial charge >= 0.3 is 5.97 Å². The summed E-state index contributed by atoms with van der Waals surface area (Å²) in [6.07, 6.45) is 6.55. The van der Waals surface area contributed by atoms with Gasteiger partial charge in [-0.1, -0.05) is 13.0 Å². The van der Waals surface area contributed by atoms with Crippen molar-refractivity contribution in [3.8, 4) is 10.6 Å². The van der Waals surface area contributed by atoms with E-state index >= 15 is 0 Å². The number of imidazole rings is 1. The van der Waals surface area contributed by atoms with Gasteiger partial charge in [0.1, 0.15) is 10.8 Å². The molecule has 2 aromatic heterocycles. The second-order valence-corrected chi connectivity index (χ2v) is 8.70. The Hall–Kier alpha value is -3.10. The van der Waals surface area contributed by atoms with Crippen molar-refractivity contribution in [3.63, 3.8) is 0 Å². The molecule has 1 N–H and O–H groups in total. The molecule has 31 heavy (non-hydrogen) atoms. The van der Waals surface area contributed by atoms with Crippen molar-refractivity contribution in [1.29, 1.82) is 0 Å². The van der Waals surface area contributed by atoms with Crippen molar-refractivity contribution >= 4 is 27.5 Å². The highest BCUT2D eigenvalue weighted by Gasteiger charge is 2.25. The number of hydrogen-bond acceptors (Lipinski definition) is 5. The van der Waals surface area contributed by atoms with E-state index < -0.39 is 11.8 Å². The van der Waals surface area contributed by atoms with Gasteiger partial charge in [-0.25, -0.2) is 19.2 Å². The van der Waals surface area contributed by atoms with E-state index in [1.165, 1.54) is 23.5 Å². The molecule has 0 saturated carbocycles. The van der Waals surface area contributed by atoms with E-state index in [0.29, 0.717) is 10.6 Å². The molecule has 8 heteroatoms. The van der Waals surface area contributed by atoms with Gasteiger partial charge in [-0.2, -0.15) is 0 Å². The van der Waals surface area contributed by atoms with Crippen LogP contribution in [0.25, 0.3) is 20.8 Å². The Kier molecular flexibility index (Phi) is 5.84. The van der Waals surface area contributed by atoms with E-state index in [2.05, 4.69) is 52.6 Å². The number of aromatic carboxylic acids is 1. The Morgan fingerprint density at radius 2 is 2.06 bits per heavy atom. The molecule has 0 bridgehead atoms. The van der Waals surface area contributed by atoms with Gasteiger partial charge in [0.2, 0.25) is 0 Å². The molecule has 0 spiro atoms. The molecule has 0 aliphatic rings. The number of carboxylic acids is 1. The van der Waals surface area contributed by atoms with Gasteiger partial charge < -0.3 is 14.6 Å². The number of likely N-dealkylation sites (N-methyl/N-ethyl adjacent to an activating group) is 1. The molecule has 0 saturated heterocycles. The highest BCUT2D eigenvalue weighted by Crippen LogP contribution is 2.35. The van der Waals surface area contributed by atoms with Crippen LogP contribution in [-0.2, 0) is 0 Å². The third kappa shape index (κ3) is 4.22. The summed E-state index contributed by atoms with van der Waals surface area (Å²) in [6.45, 7) is 2.17. The minimum absolute atomic E-state index is 0.0743. The van der Waals surface area contributed by atoms with E-state index in [-0.39, 0.29) is 17.6 Å². The first-order valence-electron chi connectivity index (χ1n) is 9.96. The van der Waals surface area contributed by atoms with Gasteiger partial charge in [-0.3, -0.25) is 0 Å². The second kappa shape index (κ2) is 8.56. The number of hydrogen-bond donors (Lipinski definition) is 1. The predicted octanol–water partition coefficient (Wildman–Crippen LogP) is 4.93. The van der Waals surface area contributed by atoms with Crippen LogP contribution in [0.1, 0.15) is 35.3 Å². The summed E-state index contributed by atoms with van der Waals surface area (Å²) in [5, 5.41) is 9.82. The van der Waals surface area contributed by atoms with Gasteiger partial charge in [0.15, 0.2) is 0 Å². The summed E-state index contributed by atoms with van der Waals surface area (Å²) >= 11 is 1.43. The molecular formula is C23H23FN4O2S. The lowest BCUT2D eigenvalue weighted by molar-refractivity contribution is 0.0696. The highest BCUT2D eigenvalue weighted by atomic mass is 32.1. The van der Waals surface area contributed by atoms with E-state index in [1.54, 1.807) is 6.20 Å². The van der Waals surface area contributed by atoms with Crippen molar-refractivity contribution in [2.45, 2.75) is 25.4 Å². The zero-order valence-corrected chi connectivity index (χ0v) is 18.3. The SMILES string of the molecule is CCC(C(c1ccc2nc(-c3cc(F)cc(C(=O)O)c3)sc2c1)n1ccnc1)N(C)C. The number of thiazole rings is 1. The summed E-state index contributed by atoms with van der Waals surface area (Å²) in [4.78, 5) is 22.4. The van der Waals surface area contributed by atoms with Crippen molar-refractivity contribution in [2.75, 3.05) is 14.1 Å². The van der Waals surface area contributed by atoms with Gasteiger partial charge in [-0.15, -0.1) is 11.3 Å². The molecule has 160 valence electrons. The third-order valence-corrected chi connectivity index (χ3v) is 6.51. The van der Waals surface area contributed by atoms with Crippen LogP contribution in [0.15, 0.2) is 55.1 Å². The van der Waals surface area contributed by atoms with E-state index in [9.17, 15) is 14.3 Å². The maximum Gasteiger partial charge on any atom is 0.335 e. The van der Waals surface area contributed by atoms with E-state index in [4.69, 9.17) is 0 Å². The van der Waals surface area contributed by atoms with Crippen LogP contribution in [-0.4, -0.2) is 50.6 Å². The van der Waals surface area contributed by atoms with E-state index in [0.717, 1.165) is 28.3 Å². The lowest BCUT2D eigenvalue weighted by atomic mass is 9.96. The highest BCUT2D eigenvalue weighted by molar-refractivity contribution is 7.21. The van der Waals surface area contributed by atoms with Crippen LogP contribution in [0.5, 0.6) is 0 Å². The molecule has 0 amide bonds. The fourth-order valence-electron chi connectivity index (χ4n) is 3.98. The summed E-state index contributed by atoms with van der Waals surface area (Å²) in [6, 6.07) is 10.3. The zero-order valence-electron chi connectivity index (χ0n) is 17.5. The van der Waals surface area contributed by atoms with Gasteiger partial charge in [0.25, 0.3) is 0 Å². The molecule has 0 aliphatic carbocycles. The van der Waals surface area contributed by atoms with Gasteiger partial charge in [-0.05, 0) is 56.4 Å². The Balaban J connectivity index is 1.79. The lowest BCUT2D eigenvalue weighted by Crippen LogP contribution is -2.36. The number of halogens is 1. The minimum Gasteiger partial charge on any atom is -0.478 e. The number of aromatic nitrogens is 3. The maximum atomic E-state index is 14.0. The van der Waals surface area contributed by atoms with Crippen LogP contribution >= 0.6 is 11.3 Å². The summed E-state index contributed by atoms with van der Waals surface area (Å²) in [5.74, 6) is -1.76. The first-order chi connectivity index (χ1) is 14.9. The quantitative estimate of drug-likeness (QED) is 0.443. The lowest BCUT2D eigenvalue weighted by Gasteiger charge is -2.33. The minimum atomic E-state index is -1.17. The van der Waals surface area contributed by atoms with Gasteiger partial charge in [0, 0.05) is 24.0 Å². The van der Waals surface area contributed by atoms with Crippen molar-refractivity contribution in [1.82, 2.24) is 19.4 Å². The number of nitrogens with zero attached hydrogens (tertiary/aromatic N) is 4. The Morgan fingerprint density at radius 1 is 1.26 bits per heavy atom. The second-order valence-electron chi connectivity index (χ2n) is 7.67. The predicted molar refractivity (Wildman–Crippen MR) is 120 cm³/mol. The monoisotopic (exact) mass is 438 g/mol. The Morgan fingerprint density at radius 3 is 2.71 bits per heavy atom. The van der Waals surface area contributed by atoms with Crippen LogP contribution < -0.4 is 0 Å². The maximum absolute atomic E-state index is 14.0. The standard InChI is InChI=1S/C23H23FN4O2S/c1-4-19(27(2)3)21(28-8-7-25-13-28)14-5-6-18-20(12-14)31-22(26-18)15-9-16(23(29)30)11-17(24)10-15/h5-13,19,21H,4H2,1-3H3,(H,29,30). The number of benzene rings is 2. The van der Waals surface area contributed by atoms with Crippen LogP contribution in [0.3, 0.4) is 0 Å². The molecule has 4 aromatic rings. The number of rotatable bonds is 7. The summed E-state index contributed by atoms with van der Waals surface area (Å²) in [7, 11) is 4.15. The summed E-state index contributed by atoms with van der Waals surface area (Å²) < 4.78 is 17.0. The average molecular weight is 439 g/mol. The molecule has 2 heterocycles. The molecule has 0 radical (unpaired) electrons. The van der Waals surface area contributed by atoms with Crippen LogP contribution in [0, 0.1) is 5.82 Å². The van der Waals surface area contributed by atoms with Crippen molar-refractivity contribution < 1.29 is 14.3 Å². The largest absolute Gasteiger partial charge is 0.478 e. The fraction of sp³-hybridized carbons (Fsp3) is 0.261. The first-order valence-corrected chi connectivity index (χ1v) is 10.8. The molecule has 4 rings (SSSR count). The van der Waals surface area contributed by atoms with Crippen molar-refractivity contribution in [3.05, 3.63) is 72.1 Å². The first kappa shape index (κ1) is 21.1. The van der Waals surface area contributed by atoms with Crippen LogP contribution in [0.2, 0.25) is 0 Å². The molecule has 6 nitrogen and oxygen atoms in total. The molecule has 2 unspecified atom stereocenters. The molecule has 2 aromatic carbocycles. The smallest absolute Gasteiger partial charge is 0.335 e. The Bertz CT molecular complexity index is 1220. The fourth-order valence-corrected chi connectivity index (χ4v) is 4.98. The Labute approximate surface area is 183 Å². The molecule has 0 fully saturated rings. The van der Waals surface area contributed by atoms with Crippen molar-refractivity contribution in [2.24, 2.45) is 0 Å². The number of carboxylic acid groups (broad SMARTS) is 1. The van der Waals surface area contributed by atoms with Crippen LogP contribution in [0.4, 0.5) is 4.39 Å². The molecule has 0 aliphatic heterocycles. The molecular weight excluding hydrogens is 415 g/mol. The normalized spacial score (nSPS) is 13.6. The molecule has 2 atom stereocenters. The zero-order chi connectivity index (χ0) is 22.1. The summed E-state index contributed by atoms with van der Waals surface area (Å²) in [5.41, 5.74) is 2.30.